The molecule has 2 aliphatic rings. The summed E-state index contributed by atoms with van der Waals surface area (Å²) in [5.74, 6) is 0. The molecule has 2 N–H and O–H groups in total. The molecule has 0 spiro atoms. The van der Waals surface area contributed by atoms with Crippen LogP contribution in [0.1, 0.15) is 54.5 Å². The largest absolute Gasteiger partial charge is 0.355 e. The van der Waals surface area contributed by atoms with Crippen LogP contribution in [0.25, 0.3) is 46.4 Å². The van der Waals surface area contributed by atoms with Gasteiger partial charge < -0.3 is 9.97 Å². The molecule has 5 heteroatoms. The first-order valence-corrected chi connectivity index (χ1v) is 10.3. The van der Waals surface area contributed by atoms with Crippen LogP contribution in [0, 0.1) is 0 Å². The fourth-order valence-corrected chi connectivity index (χ4v) is 3.85. The van der Waals surface area contributed by atoms with Crippen molar-refractivity contribution in [3.63, 3.8) is 0 Å². The van der Waals surface area contributed by atoms with Crippen LogP contribution in [0.2, 0.25) is 0 Å². The predicted molar refractivity (Wildman–Crippen MR) is 122 cm³/mol. The Kier molecular flexibility index (Phi) is 6.03. The minimum absolute atomic E-state index is 0. The SMILES string of the molecule is CCCCCc1cc2cc3nc(cc4ccc(cc5nc(cc1[nH]2)C=C5)[nH]4)C=C3.[Fe]. The van der Waals surface area contributed by atoms with Crippen LogP contribution in [0.5, 0.6) is 0 Å². The number of H-pyrrole nitrogens is 2. The minimum atomic E-state index is 0. The molecule has 30 heavy (non-hydrogen) atoms. The van der Waals surface area contributed by atoms with Crippen molar-refractivity contribution in [2.75, 3.05) is 0 Å². The second-order valence-corrected chi connectivity index (χ2v) is 7.66. The van der Waals surface area contributed by atoms with Crippen molar-refractivity contribution in [2.45, 2.75) is 32.6 Å². The van der Waals surface area contributed by atoms with Gasteiger partial charge in [-0.2, -0.15) is 0 Å². The van der Waals surface area contributed by atoms with Crippen LogP contribution < -0.4 is 0 Å². The van der Waals surface area contributed by atoms with Gasteiger partial charge in [-0.25, -0.2) is 9.97 Å². The number of nitrogens with zero attached hydrogens (tertiary/aromatic N) is 2. The predicted octanol–water partition coefficient (Wildman–Crippen LogP) is 6.39. The molecule has 0 saturated heterocycles. The molecule has 3 aromatic rings. The molecule has 0 aliphatic carbocycles. The van der Waals surface area contributed by atoms with E-state index in [1.165, 1.54) is 24.8 Å². The maximum Gasteiger partial charge on any atom is 0.0658 e. The molecule has 5 heterocycles. The Bertz CT molecular complexity index is 1280. The second kappa shape index (κ2) is 8.86. The molecule has 2 aliphatic heterocycles. The average Bonchev–Trinajstić information content (AvgIpc) is 3.47. The third-order valence-corrected chi connectivity index (χ3v) is 5.30. The van der Waals surface area contributed by atoms with Crippen molar-refractivity contribution < 1.29 is 17.1 Å². The first-order chi connectivity index (χ1) is 14.2. The first kappa shape index (κ1) is 20.4. The molecule has 8 bridgehead atoms. The summed E-state index contributed by atoms with van der Waals surface area (Å²) in [5.41, 5.74) is 9.48. The number of aryl methyl sites for hydroxylation is 1. The summed E-state index contributed by atoms with van der Waals surface area (Å²) in [5, 5.41) is 0. The van der Waals surface area contributed by atoms with Crippen LogP contribution >= 0.6 is 0 Å². The fourth-order valence-electron chi connectivity index (χ4n) is 3.85. The van der Waals surface area contributed by atoms with E-state index in [0.29, 0.717) is 0 Å². The van der Waals surface area contributed by atoms with Gasteiger partial charge in [0, 0.05) is 39.1 Å². The number of hydrogen-bond donors (Lipinski definition) is 2. The summed E-state index contributed by atoms with van der Waals surface area (Å²) < 4.78 is 0. The van der Waals surface area contributed by atoms with Crippen molar-refractivity contribution in [3.8, 4) is 0 Å². The molecule has 5 rings (SSSR count). The van der Waals surface area contributed by atoms with E-state index in [4.69, 9.17) is 9.97 Å². The molecule has 0 saturated carbocycles. The number of aromatic nitrogens is 4. The Labute approximate surface area is 186 Å². The van der Waals surface area contributed by atoms with Gasteiger partial charge in [0.05, 0.1) is 22.8 Å². The molecule has 0 fully saturated rings. The van der Waals surface area contributed by atoms with Crippen LogP contribution in [0.3, 0.4) is 0 Å². The maximum atomic E-state index is 4.77. The Morgan fingerprint density at radius 2 is 1.23 bits per heavy atom. The van der Waals surface area contributed by atoms with E-state index < -0.39 is 0 Å². The van der Waals surface area contributed by atoms with Crippen molar-refractivity contribution in [3.05, 3.63) is 70.8 Å². The van der Waals surface area contributed by atoms with Crippen LogP contribution in [0.4, 0.5) is 0 Å². The molecule has 0 unspecified atom stereocenters. The van der Waals surface area contributed by atoms with Gasteiger partial charge in [-0.1, -0.05) is 19.8 Å². The molecule has 0 radical (unpaired) electrons. The Hall–Kier alpha value is -2.88. The average molecular weight is 436 g/mol. The Morgan fingerprint density at radius 1 is 0.667 bits per heavy atom. The summed E-state index contributed by atoms with van der Waals surface area (Å²) in [6.07, 6.45) is 13.0. The van der Waals surface area contributed by atoms with Gasteiger partial charge in [0.15, 0.2) is 0 Å². The van der Waals surface area contributed by atoms with Gasteiger partial charge >= 0.3 is 0 Å². The third kappa shape index (κ3) is 4.48. The summed E-state index contributed by atoms with van der Waals surface area (Å²) >= 11 is 0. The molecular formula is C25H24FeN4. The smallest absolute Gasteiger partial charge is 0.0658 e. The molecule has 3 aromatic heterocycles. The fraction of sp³-hybridized carbons (Fsp3) is 0.200. The van der Waals surface area contributed by atoms with E-state index in [-0.39, 0.29) is 17.1 Å². The van der Waals surface area contributed by atoms with Gasteiger partial charge in [-0.3, -0.25) is 0 Å². The summed E-state index contributed by atoms with van der Waals surface area (Å²) in [6.45, 7) is 2.24. The van der Waals surface area contributed by atoms with Crippen molar-refractivity contribution >= 4 is 46.4 Å². The quantitative estimate of drug-likeness (QED) is 0.254. The summed E-state index contributed by atoms with van der Waals surface area (Å²) in [7, 11) is 0. The number of unbranched alkanes of at least 4 members (excludes halogenated alkanes) is 2. The number of hydrogen-bond acceptors (Lipinski definition) is 2. The Balaban J connectivity index is 0.00000218. The minimum Gasteiger partial charge on any atom is -0.355 e. The molecule has 4 nitrogen and oxygen atoms in total. The first-order valence-electron chi connectivity index (χ1n) is 10.3. The summed E-state index contributed by atoms with van der Waals surface area (Å²) in [4.78, 5) is 16.5. The molecule has 152 valence electrons. The molecule has 0 atom stereocenters. The normalized spacial score (nSPS) is 12.2. The van der Waals surface area contributed by atoms with E-state index >= 15 is 0 Å². The third-order valence-electron chi connectivity index (χ3n) is 5.30. The monoisotopic (exact) mass is 436 g/mol. The van der Waals surface area contributed by atoms with Gasteiger partial charge in [-0.05, 0) is 85.2 Å². The van der Waals surface area contributed by atoms with Crippen molar-refractivity contribution in [1.82, 2.24) is 19.9 Å². The summed E-state index contributed by atoms with van der Waals surface area (Å²) in [6, 6.07) is 14.8. The number of aromatic amines is 2. The van der Waals surface area contributed by atoms with E-state index in [9.17, 15) is 0 Å². The van der Waals surface area contributed by atoms with Crippen LogP contribution in [-0.4, -0.2) is 19.9 Å². The second-order valence-electron chi connectivity index (χ2n) is 7.66. The van der Waals surface area contributed by atoms with Gasteiger partial charge in [0.2, 0.25) is 0 Å². The van der Waals surface area contributed by atoms with E-state index in [1.54, 1.807) is 0 Å². The van der Waals surface area contributed by atoms with Crippen molar-refractivity contribution in [1.29, 1.82) is 0 Å². The van der Waals surface area contributed by atoms with Gasteiger partial charge in [0.1, 0.15) is 0 Å². The van der Waals surface area contributed by atoms with Crippen LogP contribution in [0.15, 0.2) is 42.5 Å². The zero-order chi connectivity index (χ0) is 19.6. The number of fused-ring (bicyclic) bond motifs is 8. The van der Waals surface area contributed by atoms with Crippen LogP contribution in [-0.2, 0) is 23.5 Å². The molecule has 0 aromatic carbocycles. The maximum absolute atomic E-state index is 4.77. The number of rotatable bonds is 4. The van der Waals surface area contributed by atoms with Crippen molar-refractivity contribution in [2.24, 2.45) is 0 Å². The van der Waals surface area contributed by atoms with Gasteiger partial charge in [-0.15, -0.1) is 0 Å². The molecule has 0 amide bonds. The number of nitrogens with one attached hydrogen (secondary N) is 2. The standard InChI is InChI=1S/C25H24N4.Fe/c1-2-3-4-5-17-12-24-15-22-9-8-20(27-22)13-18-6-7-19(26-18)14-21-10-11-23(28-21)16-25(17)29-24;/h6-16,26,29H,2-5H2,1H3;. The van der Waals surface area contributed by atoms with E-state index in [2.05, 4.69) is 83.7 Å². The van der Waals surface area contributed by atoms with E-state index in [1.807, 2.05) is 0 Å². The van der Waals surface area contributed by atoms with E-state index in [0.717, 1.165) is 51.3 Å². The van der Waals surface area contributed by atoms with Gasteiger partial charge in [0.25, 0.3) is 0 Å². The topological polar surface area (TPSA) is 57.4 Å². The Morgan fingerprint density at radius 3 is 1.83 bits per heavy atom. The zero-order valence-corrected chi connectivity index (χ0v) is 18.0. The molecular weight excluding hydrogens is 412 g/mol. The zero-order valence-electron chi connectivity index (χ0n) is 16.9.